The average molecular weight is 430 g/mol. The molecule has 32 heavy (non-hydrogen) atoms. The van der Waals surface area contributed by atoms with Gasteiger partial charge in [0.05, 0.1) is 11.1 Å². The normalized spacial score (nSPS) is 16.2. The van der Waals surface area contributed by atoms with Gasteiger partial charge >= 0.3 is 5.97 Å². The molecule has 3 aliphatic rings. The lowest BCUT2D eigenvalue weighted by molar-refractivity contribution is -0.634. The third kappa shape index (κ3) is 3.14. The number of fused-ring (bicyclic) bond motifs is 6. The van der Waals surface area contributed by atoms with Gasteiger partial charge < -0.3 is 14.7 Å². The monoisotopic (exact) mass is 429 g/mol. The Morgan fingerprint density at radius 3 is 2.66 bits per heavy atom. The van der Waals surface area contributed by atoms with Crippen LogP contribution in [0.2, 0.25) is 0 Å². The summed E-state index contributed by atoms with van der Waals surface area (Å²) in [6.45, 7) is 2.34. The Kier molecular flexibility index (Phi) is 4.60. The summed E-state index contributed by atoms with van der Waals surface area (Å²) in [5, 5.41) is 10.3. The number of nitrogens with zero attached hydrogens (tertiary/aromatic N) is 2. The number of aromatic nitrogens is 1. The van der Waals surface area contributed by atoms with Crippen molar-refractivity contribution in [3.05, 3.63) is 52.6 Å². The minimum atomic E-state index is -0.724. The zero-order chi connectivity index (χ0) is 21.8. The van der Waals surface area contributed by atoms with E-state index in [0.717, 1.165) is 31.7 Å². The first-order chi connectivity index (χ1) is 15.6. The minimum Gasteiger partial charge on any atom is -0.488 e. The number of benzene rings is 2. The van der Waals surface area contributed by atoms with Crippen LogP contribution in [0.4, 0.5) is 5.69 Å². The van der Waals surface area contributed by atoms with Gasteiger partial charge in [0, 0.05) is 42.7 Å². The molecular formula is C27H29N2O3+. The maximum Gasteiger partial charge on any atom is 0.303 e. The molecule has 5 nitrogen and oxygen atoms in total. The first-order valence-electron chi connectivity index (χ1n) is 11.8. The third-order valence-electron chi connectivity index (χ3n) is 7.42. The van der Waals surface area contributed by atoms with Gasteiger partial charge in [-0.05, 0) is 73.4 Å². The lowest BCUT2D eigenvalue weighted by atomic mass is 9.93. The van der Waals surface area contributed by atoms with Crippen LogP contribution in [-0.4, -0.2) is 24.2 Å². The van der Waals surface area contributed by atoms with Crippen molar-refractivity contribution in [3.8, 4) is 17.0 Å². The van der Waals surface area contributed by atoms with Gasteiger partial charge in [-0.15, -0.1) is 0 Å². The SMILES string of the molecule is C[n+]1c2c(cc3cc4c(cc31)CCC4)COc1cc3c(cc1-2)CCCN3CCCC(=O)O. The van der Waals surface area contributed by atoms with Crippen molar-refractivity contribution >= 4 is 22.6 Å². The molecule has 0 amide bonds. The Morgan fingerprint density at radius 1 is 1.03 bits per heavy atom. The number of anilines is 1. The van der Waals surface area contributed by atoms with Crippen molar-refractivity contribution in [1.82, 2.24) is 0 Å². The fraction of sp³-hybridized carbons (Fsp3) is 0.407. The van der Waals surface area contributed by atoms with Crippen LogP contribution in [0.3, 0.4) is 0 Å². The molecule has 0 bridgehead atoms. The summed E-state index contributed by atoms with van der Waals surface area (Å²) in [5.74, 6) is 0.218. The topological polar surface area (TPSA) is 53.7 Å². The van der Waals surface area contributed by atoms with Crippen molar-refractivity contribution in [2.24, 2.45) is 7.05 Å². The maximum absolute atomic E-state index is 10.9. The van der Waals surface area contributed by atoms with Crippen LogP contribution in [0.15, 0.2) is 30.3 Å². The van der Waals surface area contributed by atoms with Gasteiger partial charge in [-0.1, -0.05) is 0 Å². The molecule has 3 heterocycles. The van der Waals surface area contributed by atoms with E-state index >= 15 is 0 Å². The molecule has 6 rings (SSSR count). The molecule has 3 aromatic rings. The van der Waals surface area contributed by atoms with Crippen molar-refractivity contribution < 1.29 is 19.2 Å². The molecule has 2 aliphatic heterocycles. The van der Waals surface area contributed by atoms with E-state index in [-0.39, 0.29) is 6.42 Å². The van der Waals surface area contributed by atoms with E-state index in [2.05, 4.69) is 46.8 Å². The van der Waals surface area contributed by atoms with Crippen LogP contribution < -0.4 is 14.2 Å². The second-order valence-electron chi connectivity index (χ2n) is 9.46. The Morgan fingerprint density at radius 2 is 1.81 bits per heavy atom. The molecule has 164 valence electrons. The molecule has 1 aliphatic carbocycles. The molecule has 0 saturated carbocycles. The van der Waals surface area contributed by atoms with Crippen molar-refractivity contribution in [2.75, 3.05) is 18.0 Å². The standard InChI is InChI=1S/C27H28N2O3/c1-28-23-14-18-6-2-5-17(18)11-20(23)12-21-16-32-25-15-24-19(13-22(25)27(21)28)7-3-9-29(24)10-4-8-26(30)31/h11-15H,2-10,16H2,1H3/p+1. The van der Waals surface area contributed by atoms with E-state index in [1.54, 1.807) is 0 Å². The molecule has 0 atom stereocenters. The van der Waals surface area contributed by atoms with E-state index in [9.17, 15) is 4.79 Å². The second-order valence-corrected chi connectivity index (χ2v) is 9.46. The van der Waals surface area contributed by atoms with Gasteiger partial charge in [-0.25, -0.2) is 0 Å². The molecule has 2 aromatic carbocycles. The van der Waals surface area contributed by atoms with Gasteiger partial charge in [0.1, 0.15) is 19.4 Å². The third-order valence-corrected chi connectivity index (χ3v) is 7.42. The number of rotatable bonds is 4. The molecule has 0 unspecified atom stereocenters. The number of hydrogen-bond acceptors (Lipinski definition) is 3. The highest BCUT2D eigenvalue weighted by Gasteiger charge is 2.31. The Bertz CT molecular complexity index is 1260. The lowest BCUT2D eigenvalue weighted by Gasteiger charge is -2.33. The van der Waals surface area contributed by atoms with Gasteiger partial charge in [0.15, 0.2) is 0 Å². The second kappa shape index (κ2) is 7.51. The van der Waals surface area contributed by atoms with E-state index in [1.807, 2.05) is 0 Å². The van der Waals surface area contributed by atoms with Crippen LogP contribution in [0.5, 0.6) is 5.75 Å². The summed E-state index contributed by atoms with van der Waals surface area (Å²) in [5.41, 5.74) is 10.6. The van der Waals surface area contributed by atoms with Gasteiger partial charge in [-0.3, -0.25) is 4.79 Å². The number of carboxylic acid groups (broad SMARTS) is 1. The van der Waals surface area contributed by atoms with E-state index in [4.69, 9.17) is 9.84 Å². The number of aliphatic carboxylic acids is 1. The van der Waals surface area contributed by atoms with E-state index in [1.165, 1.54) is 69.4 Å². The van der Waals surface area contributed by atoms with Crippen molar-refractivity contribution in [1.29, 1.82) is 0 Å². The number of hydrogen-bond donors (Lipinski definition) is 1. The van der Waals surface area contributed by atoms with Crippen LogP contribution in [0.1, 0.15) is 47.9 Å². The number of carbonyl (C=O) groups is 1. The number of ether oxygens (including phenoxy) is 1. The van der Waals surface area contributed by atoms with Gasteiger partial charge in [-0.2, -0.15) is 4.57 Å². The van der Waals surface area contributed by atoms with Crippen LogP contribution in [0.25, 0.3) is 22.2 Å². The lowest BCUT2D eigenvalue weighted by Crippen LogP contribution is -2.35. The van der Waals surface area contributed by atoms with Crippen molar-refractivity contribution in [2.45, 2.75) is 51.6 Å². The van der Waals surface area contributed by atoms with Gasteiger partial charge in [0.25, 0.3) is 0 Å². The predicted molar refractivity (Wildman–Crippen MR) is 124 cm³/mol. The highest BCUT2D eigenvalue weighted by molar-refractivity contribution is 5.84. The first kappa shape index (κ1) is 19.6. The summed E-state index contributed by atoms with van der Waals surface area (Å²) >= 11 is 0. The highest BCUT2D eigenvalue weighted by atomic mass is 16.5. The molecule has 5 heteroatoms. The molecule has 0 radical (unpaired) electrons. The molecule has 1 aromatic heterocycles. The zero-order valence-electron chi connectivity index (χ0n) is 18.6. The van der Waals surface area contributed by atoms with E-state index < -0.39 is 5.97 Å². The Balaban J connectivity index is 1.43. The largest absolute Gasteiger partial charge is 0.488 e. The summed E-state index contributed by atoms with van der Waals surface area (Å²) in [7, 11) is 2.19. The zero-order valence-corrected chi connectivity index (χ0v) is 18.6. The maximum atomic E-state index is 10.9. The number of aryl methyl sites for hydroxylation is 4. The molecule has 0 spiro atoms. The predicted octanol–water partition coefficient (Wildman–Crippen LogP) is 4.33. The fourth-order valence-electron chi connectivity index (χ4n) is 5.89. The quantitative estimate of drug-likeness (QED) is 0.628. The summed E-state index contributed by atoms with van der Waals surface area (Å²) < 4.78 is 8.64. The average Bonchev–Trinajstić information content (AvgIpc) is 3.24. The molecule has 0 fully saturated rings. The Hall–Kier alpha value is -3.08. The molecule has 1 N–H and O–H groups in total. The minimum absolute atomic E-state index is 0.216. The molecule has 0 saturated heterocycles. The Labute approximate surface area is 188 Å². The molecular weight excluding hydrogens is 400 g/mol. The van der Waals surface area contributed by atoms with Gasteiger partial charge in [0.2, 0.25) is 11.2 Å². The summed E-state index contributed by atoms with van der Waals surface area (Å²) in [4.78, 5) is 13.3. The summed E-state index contributed by atoms with van der Waals surface area (Å²) in [6.07, 6.45) is 6.68. The number of carboxylic acids is 1. The smallest absolute Gasteiger partial charge is 0.303 e. The first-order valence-corrected chi connectivity index (χ1v) is 11.8. The van der Waals surface area contributed by atoms with Crippen LogP contribution >= 0.6 is 0 Å². The van der Waals surface area contributed by atoms with E-state index in [0.29, 0.717) is 13.0 Å². The number of pyridine rings is 1. The van der Waals surface area contributed by atoms with Crippen molar-refractivity contribution in [3.63, 3.8) is 0 Å². The van der Waals surface area contributed by atoms with Crippen LogP contribution in [-0.2, 0) is 37.7 Å². The van der Waals surface area contributed by atoms with Crippen LogP contribution in [0, 0.1) is 0 Å². The fourth-order valence-corrected chi connectivity index (χ4v) is 5.89. The summed E-state index contributed by atoms with van der Waals surface area (Å²) in [6, 6.07) is 11.6. The highest BCUT2D eigenvalue weighted by Crippen LogP contribution is 2.42.